The van der Waals surface area contributed by atoms with E-state index in [9.17, 15) is 4.79 Å². The Morgan fingerprint density at radius 1 is 1.00 bits per heavy atom. The highest BCUT2D eigenvalue weighted by atomic mass is 16.6. The topological polar surface area (TPSA) is 56.8 Å². The molecule has 0 saturated carbocycles. The van der Waals surface area contributed by atoms with Gasteiger partial charge in [-0.1, -0.05) is 38.1 Å². The maximum absolute atomic E-state index is 11.6. The first-order valence-electron chi connectivity index (χ1n) is 7.92. The summed E-state index contributed by atoms with van der Waals surface area (Å²) >= 11 is 0. The molecule has 23 heavy (non-hydrogen) atoms. The third-order valence-electron chi connectivity index (χ3n) is 3.24. The Morgan fingerprint density at radius 3 is 2.30 bits per heavy atom. The normalized spacial score (nSPS) is 10.4. The Balaban J connectivity index is 2.55. The molecule has 2 aromatic carbocycles. The van der Waals surface area contributed by atoms with Crippen LogP contribution in [0.2, 0.25) is 0 Å². The van der Waals surface area contributed by atoms with Gasteiger partial charge in [0, 0.05) is 23.9 Å². The molecule has 1 amide bonds. The van der Waals surface area contributed by atoms with E-state index in [1.165, 1.54) is 7.05 Å². The summed E-state index contributed by atoms with van der Waals surface area (Å²) in [6, 6.07) is 9.38. The molecule has 0 aromatic heterocycles. The molecule has 0 saturated heterocycles. The first-order valence-corrected chi connectivity index (χ1v) is 7.92. The molecule has 2 aromatic rings. The number of fused-ring (bicyclic) bond motifs is 1. The van der Waals surface area contributed by atoms with Crippen LogP contribution in [0.15, 0.2) is 30.3 Å². The molecule has 0 atom stereocenters. The summed E-state index contributed by atoms with van der Waals surface area (Å²) in [5.74, 6) is 1.74. The summed E-state index contributed by atoms with van der Waals surface area (Å²) in [4.78, 5) is 11.6. The molecule has 0 fully saturated rings. The highest BCUT2D eigenvalue weighted by Crippen LogP contribution is 2.41. The van der Waals surface area contributed by atoms with Crippen molar-refractivity contribution < 1.29 is 19.0 Å². The minimum Gasteiger partial charge on any atom is -0.490 e. The molecule has 0 aliphatic heterocycles. The summed E-state index contributed by atoms with van der Waals surface area (Å²) in [5.41, 5.74) is 0. The number of rotatable bonds is 7. The van der Waals surface area contributed by atoms with Crippen LogP contribution in [0.25, 0.3) is 10.8 Å². The molecule has 0 spiro atoms. The number of ether oxygens (including phenoxy) is 3. The lowest BCUT2D eigenvalue weighted by molar-refractivity contribution is 0.203. The second kappa shape index (κ2) is 8.27. The van der Waals surface area contributed by atoms with Gasteiger partial charge in [0.1, 0.15) is 5.75 Å². The zero-order valence-electron chi connectivity index (χ0n) is 13.8. The van der Waals surface area contributed by atoms with Gasteiger partial charge in [0.15, 0.2) is 11.5 Å². The monoisotopic (exact) mass is 317 g/mol. The van der Waals surface area contributed by atoms with Crippen molar-refractivity contribution in [2.45, 2.75) is 26.7 Å². The van der Waals surface area contributed by atoms with Crippen LogP contribution in [0.5, 0.6) is 17.2 Å². The van der Waals surface area contributed by atoms with E-state index in [1.807, 2.05) is 31.2 Å². The van der Waals surface area contributed by atoms with Gasteiger partial charge in [-0.05, 0) is 12.8 Å². The fourth-order valence-electron chi connectivity index (χ4n) is 2.20. The Bertz CT molecular complexity index is 669. The fraction of sp³-hybridized carbons (Fsp3) is 0.389. The Labute approximate surface area is 136 Å². The zero-order chi connectivity index (χ0) is 16.7. The van der Waals surface area contributed by atoms with Gasteiger partial charge in [-0.15, -0.1) is 0 Å². The smallest absolute Gasteiger partial charge is 0.412 e. The van der Waals surface area contributed by atoms with Crippen LogP contribution in [0.4, 0.5) is 4.79 Å². The van der Waals surface area contributed by atoms with Crippen LogP contribution in [0.3, 0.4) is 0 Å². The minimum absolute atomic E-state index is 0.454. The molecule has 0 bridgehead atoms. The third kappa shape index (κ3) is 4.06. The predicted octanol–water partition coefficient (Wildman–Crippen LogP) is 4.14. The molecular weight excluding hydrogens is 294 g/mol. The molecular formula is C18H23NO4. The number of nitrogens with one attached hydrogen (secondary N) is 1. The largest absolute Gasteiger partial charge is 0.490 e. The standard InChI is InChI=1S/C18H23NO4/c1-4-10-21-16-12-15(23-18(20)19-3)13-8-6-7-9-14(13)17(16)22-11-5-2/h6-9,12H,4-5,10-11H2,1-3H3,(H,19,20). The summed E-state index contributed by atoms with van der Waals surface area (Å²) < 4.78 is 17.1. The minimum atomic E-state index is -0.515. The lowest BCUT2D eigenvalue weighted by Gasteiger charge is -2.17. The number of amides is 1. The van der Waals surface area contributed by atoms with E-state index in [-0.39, 0.29) is 0 Å². The van der Waals surface area contributed by atoms with E-state index in [0.717, 1.165) is 23.6 Å². The first-order chi connectivity index (χ1) is 11.2. The van der Waals surface area contributed by atoms with Gasteiger partial charge < -0.3 is 19.5 Å². The average Bonchev–Trinajstić information content (AvgIpc) is 2.59. The van der Waals surface area contributed by atoms with Gasteiger partial charge in [0.2, 0.25) is 0 Å². The number of hydrogen-bond donors (Lipinski definition) is 1. The lowest BCUT2D eigenvalue weighted by atomic mass is 10.1. The summed E-state index contributed by atoms with van der Waals surface area (Å²) in [5, 5.41) is 4.14. The van der Waals surface area contributed by atoms with Crippen LogP contribution in [0.1, 0.15) is 26.7 Å². The van der Waals surface area contributed by atoms with Crippen molar-refractivity contribution in [2.24, 2.45) is 0 Å². The number of hydrogen-bond acceptors (Lipinski definition) is 4. The van der Waals surface area contributed by atoms with Crippen LogP contribution < -0.4 is 19.5 Å². The Morgan fingerprint density at radius 2 is 1.65 bits per heavy atom. The van der Waals surface area contributed by atoms with Crippen LogP contribution >= 0.6 is 0 Å². The van der Waals surface area contributed by atoms with E-state index < -0.39 is 6.09 Å². The van der Waals surface area contributed by atoms with Crippen molar-refractivity contribution in [1.29, 1.82) is 0 Å². The Kier molecular flexibility index (Phi) is 6.09. The van der Waals surface area contributed by atoms with Crippen molar-refractivity contribution >= 4 is 16.9 Å². The molecule has 0 aliphatic carbocycles. The predicted molar refractivity (Wildman–Crippen MR) is 90.6 cm³/mol. The second-order valence-corrected chi connectivity index (χ2v) is 5.08. The molecule has 5 heteroatoms. The SMILES string of the molecule is CCCOc1cc(OC(=O)NC)c2ccccc2c1OCCC. The van der Waals surface area contributed by atoms with Crippen LogP contribution in [-0.2, 0) is 0 Å². The maximum atomic E-state index is 11.6. The van der Waals surface area contributed by atoms with E-state index in [1.54, 1.807) is 6.07 Å². The molecule has 0 unspecified atom stereocenters. The molecule has 2 rings (SSSR count). The molecule has 5 nitrogen and oxygen atoms in total. The summed E-state index contributed by atoms with van der Waals surface area (Å²) in [6.07, 6.45) is 1.27. The highest BCUT2D eigenvalue weighted by molar-refractivity contribution is 5.96. The van der Waals surface area contributed by atoms with Crippen molar-refractivity contribution in [3.63, 3.8) is 0 Å². The summed E-state index contributed by atoms with van der Waals surface area (Å²) in [7, 11) is 1.53. The molecule has 0 radical (unpaired) electrons. The van der Waals surface area contributed by atoms with Crippen molar-refractivity contribution in [2.75, 3.05) is 20.3 Å². The van der Waals surface area contributed by atoms with Crippen molar-refractivity contribution in [3.8, 4) is 17.2 Å². The van der Waals surface area contributed by atoms with Gasteiger partial charge >= 0.3 is 6.09 Å². The van der Waals surface area contributed by atoms with Crippen LogP contribution in [-0.4, -0.2) is 26.4 Å². The van der Waals surface area contributed by atoms with Crippen molar-refractivity contribution in [1.82, 2.24) is 5.32 Å². The van der Waals surface area contributed by atoms with Gasteiger partial charge in [-0.2, -0.15) is 0 Å². The number of carbonyl (C=O) groups is 1. The Hall–Kier alpha value is -2.43. The second-order valence-electron chi connectivity index (χ2n) is 5.08. The van der Waals surface area contributed by atoms with E-state index >= 15 is 0 Å². The van der Waals surface area contributed by atoms with E-state index in [2.05, 4.69) is 12.2 Å². The number of carbonyl (C=O) groups excluding carboxylic acids is 1. The third-order valence-corrected chi connectivity index (χ3v) is 3.24. The van der Waals surface area contributed by atoms with E-state index in [0.29, 0.717) is 30.5 Å². The van der Waals surface area contributed by atoms with E-state index in [4.69, 9.17) is 14.2 Å². The van der Waals surface area contributed by atoms with Gasteiger partial charge in [0.05, 0.1) is 13.2 Å². The van der Waals surface area contributed by atoms with Gasteiger partial charge in [0.25, 0.3) is 0 Å². The number of benzene rings is 2. The zero-order valence-corrected chi connectivity index (χ0v) is 13.8. The van der Waals surface area contributed by atoms with Crippen molar-refractivity contribution in [3.05, 3.63) is 30.3 Å². The van der Waals surface area contributed by atoms with Crippen LogP contribution in [0, 0.1) is 0 Å². The molecule has 0 heterocycles. The highest BCUT2D eigenvalue weighted by Gasteiger charge is 2.17. The lowest BCUT2D eigenvalue weighted by Crippen LogP contribution is -2.22. The molecule has 0 aliphatic rings. The van der Waals surface area contributed by atoms with Gasteiger partial charge in [-0.25, -0.2) is 4.79 Å². The molecule has 124 valence electrons. The maximum Gasteiger partial charge on any atom is 0.412 e. The quantitative estimate of drug-likeness (QED) is 0.834. The average molecular weight is 317 g/mol. The first kappa shape index (κ1) is 16.9. The van der Waals surface area contributed by atoms with Gasteiger partial charge in [-0.3, -0.25) is 0 Å². The fourth-order valence-corrected chi connectivity index (χ4v) is 2.20. The summed E-state index contributed by atoms with van der Waals surface area (Å²) in [6.45, 7) is 5.26. The molecule has 1 N–H and O–H groups in total.